The number of hydrogen-bond acceptors (Lipinski definition) is 1. The molecule has 0 aliphatic carbocycles. The van der Waals surface area contributed by atoms with E-state index in [0.717, 1.165) is 39.3 Å². The molecule has 0 radical (unpaired) electrons. The summed E-state index contributed by atoms with van der Waals surface area (Å²) in [5.41, 5.74) is 12.7. The molecule has 0 spiro atoms. The van der Waals surface area contributed by atoms with Crippen LogP contribution in [-0.2, 0) is 0 Å². The third-order valence-corrected chi connectivity index (χ3v) is 11.5. The first-order valence-corrected chi connectivity index (χ1v) is 20.0. The maximum Gasteiger partial charge on any atom is 0.0540 e. The number of para-hydroxylation sites is 2. The molecule has 0 bridgehead atoms. The molecule has 0 unspecified atom stereocenters. The van der Waals surface area contributed by atoms with Crippen LogP contribution in [-0.4, -0.2) is 0 Å². The topological polar surface area (TPSA) is 3.24 Å². The zero-order valence-corrected chi connectivity index (χ0v) is 32.4. The standard InChI is InChI=1S/C57H41N/c1-3-20-40-37-53(48-28-12-10-25-45(48)42(40)4-2)51-31-16-18-33-55(51)58(57-36-35-44(39-21-6-5-7-22-39)47-27-14-15-30-50(47)57)56-34-19-17-32-52(56)54-38-41-23-8-9-24-43(41)46-26-11-13-29-49(46)54/h3-38H,2H2,1H3/b20-3-. The van der Waals surface area contributed by atoms with Crippen LogP contribution >= 0.6 is 0 Å². The van der Waals surface area contributed by atoms with Crippen molar-refractivity contribution in [2.45, 2.75) is 6.92 Å². The highest BCUT2D eigenvalue weighted by atomic mass is 15.1. The van der Waals surface area contributed by atoms with Gasteiger partial charge in [0, 0.05) is 16.5 Å². The van der Waals surface area contributed by atoms with Crippen LogP contribution < -0.4 is 4.90 Å². The van der Waals surface area contributed by atoms with Crippen molar-refractivity contribution in [1.29, 1.82) is 0 Å². The van der Waals surface area contributed by atoms with Gasteiger partial charge < -0.3 is 4.90 Å². The minimum Gasteiger partial charge on any atom is -0.309 e. The molecule has 0 aromatic heterocycles. The van der Waals surface area contributed by atoms with Crippen LogP contribution in [0.25, 0.3) is 88.6 Å². The van der Waals surface area contributed by atoms with E-state index in [-0.39, 0.29) is 0 Å². The molecule has 0 atom stereocenters. The highest BCUT2D eigenvalue weighted by molar-refractivity contribution is 6.16. The van der Waals surface area contributed by atoms with Crippen molar-refractivity contribution in [3.63, 3.8) is 0 Å². The lowest BCUT2D eigenvalue weighted by atomic mass is 9.89. The number of benzene rings is 10. The zero-order chi connectivity index (χ0) is 39.0. The van der Waals surface area contributed by atoms with E-state index >= 15 is 0 Å². The van der Waals surface area contributed by atoms with Crippen molar-refractivity contribution in [3.8, 4) is 33.4 Å². The summed E-state index contributed by atoms with van der Waals surface area (Å²) in [6.45, 7) is 6.32. The largest absolute Gasteiger partial charge is 0.309 e. The SMILES string of the molecule is C=Cc1c(/C=C\C)cc(-c2ccccc2N(c2ccccc2-c2cc3ccccc3c3ccccc23)c2ccc(-c3ccccc3)c3ccccc23)c2ccccc12. The van der Waals surface area contributed by atoms with Crippen molar-refractivity contribution in [2.75, 3.05) is 4.90 Å². The third kappa shape index (κ3) is 5.88. The van der Waals surface area contributed by atoms with Crippen molar-refractivity contribution < 1.29 is 0 Å². The number of anilines is 3. The van der Waals surface area contributed by atoms with E-state index in [9.17, 15) is 0 Å². The van der Waals surface area contributed by atoms with Crippen LogP contribution in [0.15, 0.2) is 213 Å². The van der Waals surface area contributed by atoms with E-state index in [2.05, 4.69) is 231 Å². The van der Waals surface area contributed by atoms with Crippen LogP contribution in [0.2, 0.25) is 0 Å². The van der Waals surface area contributed by atoms with E-state index in [1.165, 1.54) is 65.3 Å². The van der Waals surface area contributed by atoms with Gasteiger partial charge in [-0.05, 0) is 108 Å². The highest BCUT2D eigenvalue weighted by Gasteiger charge is 2.25. The molecule has 0 heterocycles. The number of rotatable bonds is 8. The van der Waals surface area contributed by atoms with Gasteiger partial charge in [-0.1, -0.05) is 195 Å². The summed E-state index contributed by atoms with van der Waals surface area (Å²) in [5.74, 6) is 0. The molecule has 0 fully saturated rings. The predicted octanol–water partition coefficient (Wildman–Crippen LogP) is 16.4. The molecule has 1 nitrogen and oxygen atoms in total. The van der Waals surface area contributed by atoms with Gasteiger partial charge in [-0.25, -0.2) is 0 Å². The second-order valence-electron chi connectivity index (χ2n) is 14.8. The molecule has 1 heteroatoms. The Morgan fingerprint density at radius 2 is 0.879 bits per heavy atom. The van der Waals surface area contributed by atoms with Crippen LogP contribution in [0.4, 0.5) is 17.1 Å². The molecule has 0 aliphatic heterocycles. The van der Waals surface area contributed by atoms with Gasteiger partial charge in [-0.15, -0.1) is 0 Å². The van der Waals surface area contributed by atoms with Crippen molar-refractivity contribution in [1.82, 2.24) is 0 Å². The average molecular weight is 740 g/mol. The normalized spacial score (nSPS) is 11.5. The molecule has 0 saturated carbocycles. The molecule has 274 valence electrons. The Morgan fingerprint density at radius 3 is 1.53 bits per heavy atom. The Kier molecular flexibility index (Phi) is 8.97. The van der Waals surface area contributed by atoms with E-state index < -0.39 is 0 Å². The van der Waals surface area contributed by atoms with Crippen LogP contribution in [0.1, 0.15) is 18.1 Å². The second-order valence-corrected chi connectivity index (χ2v) is 14.8. The lowest BCUT2D eigenvalue weighted by Crippen LogP contribution is -2.13. The fraction of sp³-hybridized carbons (Fsp3) is 0.0175. The maximum atomic E-state index is 4.25. The molecule has 0 N–H and O–H groups in total. The molecule has 0 aliphatic rings. The Balaban J connectivity index is 1.32. The van der Waals surface area contributed by atoms with Crippen molar-refractivity contribution in [3.05, 3.63) is 224 Å². The first kappa shape index (κ1) is 35.0. The van der Waals surface area contributed by atoms with Gasteiger partial charge in [0.1, 0.15) is 0 Å². The first-order valence-electron chi connectivity index (χ1n) is 20.0. The molecular formula is C57H41N. The smallest absolute Gasteiger partial charge is 0.0540 e. The molecule has 0 amide bonds. The van der Waals surface area contributed by atoms with Crippen molar-refractivity contribution >= 4 is 72.3 Å². The molecule has 10 aromatic carbocycles. The number of fused-ring (bicyclic) bond motifs is 5. The Morgan fingerprint density at radius 1 is 0.379 bits per heavy atom. The summed E-state index contributed by atoms with van der Waals surface area (Å²) in [7, 11) is 0. The molecule has 10 aromatic rings. The molecule has 0 saturated heterocycles. The van der Waals surface area contributed by atoms with Gasteiger partial charge in [0.2, 0.25) is 0 Å². The molecule has 10 rings (SSSR count). The van der Waals surface area contributed by atoms with Gasteiger partial charge in [0.05, 0.1) is 17.1 Å². The van der Waals surface area contributed by atoms with Crippen LogP contribution in [0.5, 0.6) is 0 Å². The third-order valence-electron chi connectivity index (χ3n) is 11.5. The average Bonchev–Trinajstić information content (AvgIpc) is 3.29. The second kappa shape index (κ2) is 14.9. The fourth-order valence-corrected chi connectivity index (χ4v) is 8.99. The van der Waals surface area contributed by atoms with E-state index in [1.807, 2.05) is 6.08 Å². The van der Waals surface area contributed by atoms with Crippen LogP contribution in [0.3, 0.4) is 0 Å². The monoisotopic (exact) mass is 739 g/mol. The Hall–Kier alpha value is -7.48. The quantitative estimate of drug-likeness (QED) is 0.140. The number of allylic oxidation sites excluding steroid dienone is 1. The van der Waals surface area contributed by atoms with E-state index in [0.29, 0.717) is 0 Å². The van der Waals surface area contributed by atoms with Gasteiger partial charge in [-0.3, -0.25) is 0 Å². The Bertz CT molecular complexity index is 3210. The van der Waals surface area contributed by atoms with Gasteiger partial charge in [0.25, 0.3) is 0 Å². The zero-order valence-electron chi connectivity index (χ0n) is 32.4. The summed E-state index contributed by atoms with van der Waals surface area (Å²) in [6, 6.07) is 73.1. The van der Waals surface area contributed by atoms with Gasteiger partial charge in [0.15, 0.2) is 0 Å². The molecular weight excluding hydrogens is 699 g/mol. The van der Waals surface area contributed by atoms with Gasteiger partial charge >= 0.3 is 0 Å². The van der Waals surface area contributed by atoms with Crippen LogP contribution in [0, 0.1) is 0 Å². The lowest BCUT2D eigenvalue weighted by molar-refractivity contribution is 1.30. The lowest BCUT2D eigenvalue weighted by Gasteiger charge is -2.32. The highest BCUT2D eigenvalue weighted by Crippen LogP contribution is 2.50. The van der Waals surface area contributed by atoms with E-state index in [4.69, 9.17) is 0 Å². The minimum absolute atomic E-state index is 1.10. The van der Waals surface area contributed by atoms with Crippen molar-refractivity contribution in [2.24, 2.45) is 0 Å². The maximum absolute atomic E-state index is 4.25. The summed E-state index contributed by atoms with van der Waals surface area (Å²) < 4.78 is 0. The number of hydrogen-bond donors (Lipinski definition) is 0. The fourth-order valence-electron chi connectivity index (χ4n) is 8.99. The summed E-state index contributed by atoms with van der Waals surface area (Å²) in [6.07, 6.45) is 6.30. The Labute approximate surface area is 340 Å². The van der Waals surface area contributed by atoms with E-state index in [1.54, 1.807) is 0 Å². The summed E-state index contributed by atoms with van der Waals surface area (Å²) >= 11 is 0. The number of nitrogens with zero attached hydrogens (tertiary/aromatic N) is 1. The minimum atomic E-state index is 1.10. The summed E-state index contributed by atoms with van der Waals surface area (Å²) in [4.78, 5) is 2.51. The first-order chi connectivity index (χ1) is 28.7. The van der Waals surface area contributed by atoms with Gasteiger partial charge in [-0.2, -0.15) is 0 Å². The summed E-state index contributed by atoms with van der Waals surface area (Å²) in [5, 5.41) is 9.73. The predicted molar refractivity (Wildman–Crippen MR) is 252 cm³/mol. The molecule has 58 heavy (non-hydrogen) atoms.